The van der Waals surface area contributed by atoms with Crippen LogP contribution in [0.2, 0.25) is 0 Å². The lowest BCUT2D eigenvalue weighted by molar-refractivity contribution is -0.122. The van der Waals surface area contributed by atoms with Crippen LogP contribution in [0.5, 0.6) is 0 Å². The molecule has 1 fully saturated rings. The predicted molar refractivity (Wildman–Crippen MR) is 83.1 cm³/mol. The SMILES string of the molecule is CC1(C)CCN(C(=O)C2CCOC2)c2cc(Br)ccc21. The van der Waals surface area contributed by atoms with Crippen LogP contribution < -0.4 is 4.90 Å². The van der Waals surface area contributed by atoms with Gasteiger partial charge in [-0.25, -0.2) is 0 Å². The third-order valence-corrected chi connectivity index (χ3v) is 4.98. The molecule has 2 heterocycles. The number of hydrogen-bond acceptors (Lipinski definition) is 2. The highest BCUT2D eigenvalue weighted by Crippen LogP contribution is 2.41. The van der Waals surface area contributed by atoms with E-state index in [0.29, 0.717) is 13.2 Å². The zero-order valence-corrected chi connectivity index (χ0v) is 13.6. The number of ether oxygens (including phenoxy) is 1. The molecule has 2 aliphatic rings. The van der Waals surface area contributed by atoms with Gasteiger partial charge in [-0.15, -0.1) is 0 Å². The molecule has 20 heavy (non-hydrogen) atoms. The van der Waals surface area contributed by atoms with E-state index >= 15 is 0 Å². The van der Waals surface area contributed by atoms with E-state index in [1.54, 1.807) is 0 Å². The average molecular weight is 338 g/mol. The van der Waals surface area contributed by atoms with E-state index in [0.717, 1.165) is 29.5 Å². The average Bonchev–Trinajstić information content (AvgIpc) is 2.91. The lowest BCUT2D eigenvalue weighted by atomic mass is 9.77. The minimum absolute atomic E-state index is 0.0306. The number of carbonyl (C=O) groups excluding carboxylic acids is 1. The minimum atomic E-state index is 0.0306. The number of amides is 1. The third kappa shape index (κ3) is 2.40. The van der Waals surface area contributed by atoms with Crippen molar-refractivity contribution in [3.63, 3.8) is 0 Å². The Bertz CT molecular complexity index is 535. The minimum Gasteiger partial charge on any atom is -0.381 e. The summed E-state index contributed by atoms with van der Waals surface area (Å²) in [5.41, 5.74) is 2.45. The number of anilines is 1. The zero-order valence-electron chi connectivity index (χ0n) is 12.0. The van der Waals surface area contributed by atoms with Gasteiger partial charge < -0.3 is 9.64 Å². The number of fused-ring (bicyclic) bond motifs is 1. The molecule has 0 bridgehead atoms. The molecule has 0 N–H and O–H groups in total. The van der Waals surface area contributed by atoms with Gasteiger partial charge in [0.05, 0.1) is 12.5 Å². The molecular weight excluding hydrogens is 318 g/mol. The molecular formula is C16H20BrNO2. The maximum absolute atomic E-state index is 12.7. The molecule has 1 aromatic carbocycles. The van der Waals surface area contributed by atoms with Crippen molar-refractivity contribution in [2.45, 2.75) is 32.1 Å². The van der Waals surface area contributed by atoms with Crippen LogP contribution >= 0.6 is 15.9 Å². The molecule has 1 saturated heterocycles. The van der Waals surface area contributed by atoms with Gasteiger partial charge in [-0.1, -0.05) is 35.8 Å². The summed E-state index contributed by atoms with van der Waals surface area (Å²) in [6, 6.07) is 6.28. The molecule has 1 aromatic rings. The first-order valence-corrected chi connectivity index (χ1v) is 7.97. The number of hydrogen-bond donors (Lipinski definition) is 0. The van der Waals surface area contributed by atoms with Gasteiger partial charge in [0.1, 0.15) is 0 Å². The van der Waals surface area contributed by atoms with Gasteiger partial charge in [-0.3, -0.25) is 4.79 Å². The Kier molecular flexibility index (Phi) is 3.63. The lowest BCUT2D eigenvalue weighted by Gasteiger charge is -2.40. The highest BCUT2D eigenvalue weighted by molar-refractivity contribution is 9.10. The van der Waals surface area contributed by atoms with Gasteiger partial charge in [-0.05, 0) is 36.0 Å². The van der Waals surface area contributed by atoms with Crippen LogP contribution in [0.15, 0.2) is 22.7 Å². The molecule has 108 valence electrons. The summed E-state index contributed by atoms with van der Waals surface area (Å²) in [6.07, 6.45) is 1.85. The van der Waals surface area contributed by atoms with E-state index in [1.165, 1.54) is 5.56 Å². The summed E-state index contributed by atoms with van der Waals surface area (Å²) in [6.45, 7) is 6.58. The summed E-state index contributed by atoms with van der Waals surface area (Å²) in [4.78, 5) is 14.7. The van der Waals surface area contributed by atoms with E-state index in [9.17, 15) is 4.79 Å². The number of rotatable bonds is 1. The van der Waals surface area contributed by atoms with Crippen molar-refractivity contribution < 1.29 is 9.53 Å². The van der Waals surface area contributed by atoms with Crippen molar-refractivity contribution in [1.29, 1.82) is 0 Å². The molecule has 4 heteroatoms. The standard InChI is InChI=1S/C16H20BrNO2/c1-16(2)6-7-18(15(19)11-5-8-20-10-11)14-9-12(17)3-4-13(14)16/h3-4,9,11H,5-8,10H2,1-2H3. The van der Waals surface area contributed by atoms with Crippen LogP contribution in [-0.4, -0.2) is 25.7 Å². The highest BCUT2D eigenvalue weighted by atomic mass is 79.9. The van der Waals surface area contributed by atoms with Crippen molar-refractivity contribution in [2.75, 3.05) is 24.7 Å². The van der Waals surface area contributed by atoms with Crippen LogP contribution in [0, 0.1) is 5.92 Å². The van der Waals surface area contributed by atoms with Gasteiger partial charge in [0.25, 0.3) is 0 Å². The fourth-order valence-corrected chi connectivity index (χ4v) is 3.47. The first-order valence-electron chi connectivity index (χ1n) is 7.18. The molecule has 3 rings (SSSR count). The van der Waals surface area contributed by atoms with Crippen LogP contribution in [0.1, 0.15) is 32.3 Å². The highest BCUT2D eigenvalue weighted by Gasteiger charge is 2.36. The molecule has 2 aliphatic heterocycles. The van der Waals surface area contributed by atoms with Crippen LogP contribution in [-0.2, 0) is 14.9 Å². The first-order chi connectivity index (χ1) is 9.49. The molecule has 3 nitrogen and oxygen atoms in total. The molecule has 0 aromatic heterocycles. The van der Waals surface area contributed by atoms with Crippen molar-refractivity contribution in [3.8, 4) is 0 Å². The van der Waals surface area contributed by atoms with Crippen molar-refractivity contribution in [1.82, 2.24) is 0 Å². The molecule has 0 radical (unpaired) electrons. The maximum atomic E-state index is 12.7. The zero-order chi connectivity index (χ0) is 14.3. The van der Waals surface area contributed by atoms with Gasteiger partial charge in [0.15, 0.2) is 0 Å². The Morgan fingerprint density at radius 3 is 2.95 bits per heavy atom. The van der Waals surface area contributed by atoms with Gasteiger partial charge in [0.2, 0.25) is 5.91 Å². The van der Waals surface area contributed by atoms with Crippen LogP contribution in [0.3, 0.4) is 0 Å². The monoisotopic (exact) mass is 337 g/mol. The third-order valence-electron chi connectivity index (χ3n) is 4.49. The smallest absolute Gasteiger partial charge is 0.232 e. The fourth-order valence-electron chi connectivity index (χ4n) is 3.13. The summed E-state index contributed by atoms with van der Waals surface area (Å²) in [5.74, 6) is 0.250. The number of halogens is 1. The van der Waals surface area contributed by atoms with Crippen LogP contribution in [0.4, 0.5) is 5.69 Å². The quantitative estimate of drug-likeness (QED) is 0.784. The van der Waals surface area contributed by atoms with Crippen molar-refractivity contribution >= 4 is 27.5 Å². The fraction of sp³-hybridized carbons (Fsp3) is 0.562. The van der Waals surface area contributed by atoms with Crippen LogP contribution in [0.25, 0.3) is 0 Å². The van der Waals surface area contributed by atoms with Crippen molar-refractivity contribution in [3.05, 3.63) is 28.2 Å². The molecule has 1 atom stereocenters. The number of nitrogens with zero attached hydrogens (tertiary/aromatic N) is 1. The summed E-state index contributed by atoms with van der Waals surface area (Å²) >= 11 is 3.53. The number of carbonyl (C=O) groups is 1. The second kappa shape index (κ2) is 5.15. The Hall–Kier alpha value is -0.870. The molecule has 0 spiro atoms. The second-order valence-electron chi connectivity index (χ2n) is 6.35. The Labute approximate surface area is 128 Å². The van der Waals surface area contributed by atoms with Gasteiger partial charge in [-0.2, -0.15) is 0 Å². The topological polar surface area (TPSA) is 29.5 Å². The summed E-state index contributed by atoms with van der Waals surface area (Å²) in [7, 11) is 0. The normalized spacial score (nSPS) is 24.6. The van der Waals surface area contributed by atoms with Gasteiger partial charge in [0, 0.05) is 23.3 Å². The predicted octanol–water partition coefficient (Wildman–Crippen LogP) is 3.50. The van der Waals surface area contributed by atoms with E-state index < -0.39 is 0 Å². The Balaban J connectivity index is 1.98. The largest absolute Gasteiger partial charge is 0.381 e. The Morgan fingerprint density at radius 2 is 2.25 bits per heavy atom. The van der Waals surface area contributed by atoms with Gasteiger partial charge >= 0.3 is 0 Å². The molecule has 1 unspecified atom stereocenters. The molecule has 0 aliphatic carbocycles. The van der Waals surface area contributed by atoms with E-state index in [4.69, 9.17) is 4.74 Å². The number of benzene rings is 1. The maximum Gasteiger partial charge on any atom is 0.232 e. The van der Waals surface area contributed by atoms with E-state index in [2.05, 4.69) is 48.0 Å². The molecule has 1 amide bonds. The Morgan fingerprint density at radius 1 is 1.45 bits per heavy atom. The van der Waals surface area contributed by atoms with Crippen molar-refractivity contribution in [2.24, 2.45) is 5.92 Å². The lowest BCUT2D eigenvalue weighted by Crippen LogP contribution is -2.44. The summed E-state index contributed by atoms with van der Waals surface area (Å²) < 4.78 is 6.39. The first kappa shape index (κ1) is 14.1. The second-order valence-corrected chi connectivity index (χ2v) is 7.26. The van der Waals surface area contributed by atoms with E-state index in [1.807, 2.05) is 4.90 Å². The molecule has 0 saturated carbocycles. The summed E-state index contributed by atoms with van der Waals surface area (Å²) in [5, 5.41) is 0. The van der Waals surface area contributed by atoms with E-state index in [-0.39, 0.29) is 17.2 Å².